The van der Waals surface area contributed by atoms with Crippen molar-refractivity contribution in [1.29, 1.82) is 0 Å². The zero-order valence-electron chi connectivity index (χ0n) is 3.60. The van der Waals surface area contributed by atoms with Crippen LogP contribution in [0.1, 0.15) is 0 Å². The third kappa shape index (κ3) is 2.55. The van der Waals surface area contributed by atoms with E-state index in [0.717, 1.165) is 0 Å². The molecular weight excluding hydrogens is 162 g/mol. The fourth-order valence-electron chi connectivity index (χ4n) is 0.0690. The van der Waals surface area contributed by atoms with Gasteiger partial charge in [-0.1, -0.05) is 15.9 Å². The number of amides is 1. The van der Waals surface area contributed by atoms with Crippen molar-refractivity contribution in [2.45, 2.75) is 0 Å². The van der Waals surface area contributed by atoms with Gasteiger partial charge in [-0.15, -0.1) is 0 Å². The molecule has 0 spiro atoms. The molecule has 0 radical (unpaired) electrons. The molecule has 4 nitrogen and oxygen atoms in total. The molecule has 0 fully saturated rings. The van der Waals surface area contributed by atoms with E-state index in [4.69, 9.17) is 11.7 Å². The van der Waals surface area contributed by atoms with Gasteiger partial charge in [-0.05, 0) is 0 Å². The van der Waals surface area contributed by atoms with Gasteiger partial charge in [0.25, 0.3) is 5.91 Å². The Morgan fingerprint density at radius 1 is 1.71 bits per heavy atom. The maximum atomic E-state index is 10.1. The molecule has 0 aromatic rings. The van der Waals surface area contributed by atoms with E-state index in [0.29, 0.717) is 5.12 Å². The number of alkyl halides is 1. The Labute approximate surface area is 49.5 Å². The van der Waals surface area contributed by atoms with Crippen molar-refractivity contribution in [3.8, 4) is 0 Å². The Morgan fingerprint density at radius 2 is 2.14 bits per heavy atom. The van der Waals surface area contributed by atoms with Crippen LogP contribution < -0.4 is 11.7 Å². The zero-order valence-corrected chi connectivity index (χ0v) is 5.18. The molecule has 7 heavy (non-hydrogen) atoms. The van der Waals surface area contributed by atoms with Crippen LogP contribution in [0.25, 0.3) is 0 Å². The molecule has 0 unspecified atom stereocenters. The standard InChI is InChI=1S/C2H6BrN3O/c3-1-2(7)6(4)5/h1,4-5H2. The maximum Gasteiger partial charge on any atom is 0.261 e. The van der Waals surface area contributed by atoms with Crippen LogP contribution in [0.5, 0.6) is 0 Å². The van der Waals surface area contributed by atoms with Gasteiger partial charge in [-0.3, -0.25) is 4.79 Å². The second kappa shape index (κ2) is 2.95. The molecule has 0 saturated heterocycles. The van der Waals surface area contributed by atoms with Gasteiger partial charge in [0.2, 0.25) is 0 Å². The first kappa shape index (κ1) is 6.87. The van der Waals surface area contributed by atoms with E-state index in [1.165, 1.54) is 0 Å². The van der Waals surface area contributed by atoms with E-state index in [1.54, 1.807) is 0 Å². The number of hydrazine groups is 2. The minimum atomic E-state index is -0.347. The van der Waals surface area contributed by atoms with E-state index < -0.39 is 0 Å². The number of nitrogens with zero attached hydrogens (tertiary/aromatic N) is 1. The van der Waals surface area contributed by atoms with E-state index in [2.05, 4.69) is 15.9 Å². The lowest BCUT2D eigenvalue weighted by Crippen LogP contribution is -2.43. The average Bonchev–Trinajstić information content (AvgIpc) is 1.65. The molecule has 42 valence electrons. The fourth-order valence-corrected chi connectivity index (χ4v) is 0.359. The molecule has 0 atom stereocenters. The molecule has 0 heterocycles. The lowest BCUT2D eigenvalue weighted by molar-refractivity contribution is -0.128. The third-order valence-electron chi connectivity index (χ3n) is 0.402. The highest BCUT2D eigenvalue weighted by Crippen LogP contribution is 1.79. The van der Waals surface area contributed by atoms with E-state index in [9.17, 15) is 4.79 Å². The van der Waals surface area contributed by atoms with E-state index in [-0.39, 0.29) is 11.2 Å². The Kier molecular flexibility index (Phi) is 2.89. The molecule has 0 rings (SSSR count). The summed E-state index contributed by atoms with van der Waals surface area (Å²) in [6.07, 6.45) is 0. The first-order valence-corrected chi connectivity index (χ1v) is 2.69. The number of rotatable bonds is 1. The van der Waals surface area contributed by atoms with Crippen molar-refractivity contribution in [3.05, 3.63) is 0 Å². The minimum Gasteiger partial charge on any atom is -0.271 e. The Morgan fingerprint density at radius 3 is 2.14 bits per heavy atom. The largest absolute Gasteiger partial charge is 0.271 e. The number of nitrogens with two attached hydrogens (primary N) is 2. The van der Waals surface area contributed by atoms with Crippen molar-refractivity contribution < 1.29 is 4.79 Å². The first-order valence-electron chi connectivity index (χ1n) is 1.56. The maximum absolute atomic E-state index is 10.1. The Balaban J connectivity index is 3.35. The Bertz CT molecular complexity index is 73.3. The second-order valence-corrected chi connectivity index (χ2v) is 1.50. The first-order chi connectivity index (χ1) is 3.18. The number of halogens is 1. The Hall–Kier alpha value is -0.130. The van der Waals surface area contributed by atoms with Gasteiger partial charge in [0.1, 0.15) is 0 Å². The summed E-state index contributed by atoms with van der Waals surface area (Å²) in [5.74, 6) is 9.21. The summed E-state index contributed by atoms with van der Waals surface area (Å²) in [5, 5.41) is 0.703. The SMILES string of the molecule is NN(N)C(=O)CBr. The van der Waals surface area contributed by atoms with Crippen LogP contribution in [0.2, 0.25) is 0 Å². The van der Waals surface area contributed by atoms with Gasteiger partial charge >= 0.3 is 0 Å². The predicted octanol–water partition coefficient (Wildman–Crippen LogP) is -1.04. The molecule has 0 aromatic carbocycles. The van der Waals surface area contributed by atoms with Crippen LogP contribution >= 0.6 is 15.9 Å². The molecule has 0 saturated carbocycles. The van der Waals surface area contributed by atoms with Gasteiger partial charge in [0, 0.05) is 0 Å². The van der Waals surface area contributed by atoms with Gasteiger partial charge < -0.3 is 0 Å². The monoisotopic (exact) mass is 167 g/mol. The highest BCUT2D eigenvalue weighted by molar-refractivity contribution is 9.09. The summed E-state index contributed by atoms with van der Waals surface area (Å²) in [5.41, 5.74) is 0. The summed E-state index contributed by atoms with van der Waals surface area (Å²) in [6.45, 7) is 0. The lowest BCUT2D eigenvalue weighted by atomic mass is 10.7. The molecule has 4 N–H and O–H groups in total. The predicted molar refractivity (Wildman–Crippen MR) is 29.0 cm³/mol. The van der Waals surface area contributed by atoms with Crippen molar-refractivity contribution in [1.82, 2.24) is 5.12 Å². The smallest absolute Gasteiger partial charge is 0.261 e. The third-order valence-corrected chi connectivity index (χ3v) is 0.882. The van der Waals surface area contributed by atoms with Crippen LogP contribution in [0.3, 0.4) is 0 Å². The molecule has 0 aliphatic heterocycles. The summed E-state index contributed by atoms with van der Waals surface area (Å²) < 4.78 is 0. The summed E-state index contributed by atoms with van der Waals surface area (Å²) in [7, 11) is 0. The summed E-state index contributed by atoms with van der Waals surface area (Å²) >= 11 is 2.86. The molecule has 5 heteroatoms. The quantitative estimate of drug-likeness (QED) is 0.227. The highest BCUT2D eigenvalue weighted by Gasteiger charge is 1.98. The number of hydrogen-bond donors (Lipinski definition) is 2. The summed E-state index contributed by atoms with van der Waals surface area (Å²) in [6, 6.07) is 0. The molecule has 0 aromatic heterocycles. The molecule has 0 bridgehead atoms. The van der Waals surface area contributed by atoms with Crippen molar-refractivity contribution >= 4 is 21.8 Å². The zero-order chi connectivity index (χ0) is 5.86. The lowest BCUT2D eigenvalue weighted by Gasteiger charge is -2.04. The van der Waals surface area contributed by atoms with E-state index >= 15 is 0 Å². The van der Waals surface area contributed by atoms with Crippen molar-refractivity contribution in [3.63, 3.8) is 0 Å². The van der Waals surface area contributed by atoms with Crippen LogP contribution in [-0.2, 0) is 4.79 Å². The number of hydrogen-bond acceptors (Lipinski definition) is 3. The van der Waals surface area contributed by atoms with E-state index in [1.807, 2.05) is 0 Å². The minimum absolute atomic E-state index is 0.167. The number of carbonyl (C=O) groups excluding carboxylic acids is 1. The fraction of sp³-hybridized carbons (Fsp3) is 0.500. The highest BCUT2D eigenvalue weighted by atomic mass is 79.9. The molecule has 1 amide bonds. The summed E-state index contributed by atoms with van der Waals surface area (Å²) in [4.78, 5) is 10.1. The molecular formula is C2H6BrN3O. The van der Waals surface area contributed by atoms with Crippen molar-refractivity contribution in [2.75, 3.05) is 5.33 Å². The van der Waals surface area contributed by atoms with Crippen LogP contribution in [0.15, 0.2) is 0 Å². The van der Waals surface area contributed by atoms with Crippen molar-refractivity contribution in [2.24, 2.45) is 11.7 Å². The van der Waals surface area contributed by atoms with Gasteiger partial charge in [0.05, 0.1) is 5.33 Å². The van der Waals surface area contributed by atoms with Crippen LogP contribution in [0.4, 0.5) is 0 Å². The van der Waals surface area contributed by atoms with Crippen LogP contribution in [0, 0.1) is 0 Å². The molecule has 0 aliphatic carbocycles. The van der Waals surface area contributed by atoms with Gasteiger partial charge in [-0.25, -0.2) is 16.8 Å². The van der Waals surface area contributed by atoms with Gasteiger partial charge in [0.15, 0.2) is 0 Å². The van der Waals surface area contributed by atoms with Crippen LogP contribution in [-0.4, -0.2) is 16.4 Å². The average molecular weight is 168 g/mol. The number of carbonyl (C=O) groups is 1. The second-order valence-electron chi connectivity index (χ2n) is 0.935. The normalized spacial score (nSPS) is 8.43. The van der Waals surface area contributed by atoms with Gasteiger partial charge in [-0.2, -0.15) is 0 Å². The molecule has 0 aliphatic rings. The topological polar surface area (TPSA) is 72.3 Å².